The molecule has 0 heterocycles. The number of carboxylic acid groups (broad SMARTS) is 1. The van der Waals surface area contributed by atoms with Crippen molar-refractivity contribution in [3.8, 4) is 5.75 Å². The number of benzene rings is 1. The highest BCUT2D eigenvalue weighted by Gasteiger charge is 2.17. The fourth-order valence-electron chi connectivity index (χ4n) is 2.54. The Morgan fingerprint density at radius 1 is 1.33 bits per heavy atom. The van der Waals surface area contributed by atoms with Gasteiger partial charge in [-0.25, -0.2) is 0 Å². The minimum atomic E-state index is -0.812. The maximum Gasteiger partial charge on any atom is 0.304 e. The molecule has 5 nitrogen and oxygen atoms in total. The molecule has 1 unspecified atom stereocenters. The summed E-state index contributed by atoms with van der Waals surface area (Å²) in [6.07, 6.45) is 0.682. The lowest BCUT2D eigenvalue weighted by atomic mass is 9.98. The van der Waals surface area contributed by atoms with Crippen LogP contribution in [0.3, 0.4) is 0 Å². The van der Waals surface area contributed by atoms with Gasteiger partial charge in [0.15, 0.2) is 0 Å². The molecule has 0 aliphatic carbocycles. The fourth-order valence-corrected chi connectivity index (χ4v) is 2.54. The molecule has 0 bridgehead atoms. The highest BCUT2D eigenvalue weighted by atomic mass is 16.5. The van der Waals surface area contributed by atoms with Gasteiger partial charge < -0.3 is 19.9 Å². The molecule has 1 atom stereocenters. The number of nitrogens with one attached hydrogen (secondary N) is 1. The quantitative estimate of drug-likeness (QED) is 0.681. The molecular weight excluding hydrogens is 270 g/mol. The first kappa shape index (κ1) is 17.5. The number of carboxylic acids is 1. The van der Waals surface area contributed by atoms with Crippen LogP contribution in [0.15, 0.2) is 12.1 Å². The van der Waals surface area contributed by atoms with E-state index in [0.29, 0.717) is 19.6 Å². The Morgan fingerprint density at radius 3 is 2.62 bits per heavy atom. The van der Waals surface area contributed by atoms with E-state index in [0.717, 1.165) is 22.4 Å². The molecule has 118 valence electrons. The minimum Gasteiger partial charge on any atom is -0.496 e. The van der Waals surface area contributed by atoms with Crippen molar-refractivity contribution in [3.63, 3.8) is 0 Å². The van der Waals surface area contributed by atoms with Crippen molar-refractivity contribution in [1.82, 2.24) is 5.32 Å². The molecule has 0 amide bonds. The first-order valence-electron chi connectivity index (χ1n) is 7.06. The molecule has 1 aromatic rings. The maximum atomic E-state index is 11.0. The third-order valence-corrected chi connectivity index (χ3v) is 3.33. The van der Waals surface area contributed by atoms with E-state index in [1.54, 1.807) is 14.2 Å². The highest BCUT2D eigenvalue weighted by molar-refractivity contribution is 5.67. The van der Waals surface area contributed by atoms with Gasteiger partial charge in [0.2, 0.25) is 0 Å². The standard InChI is InChI=1S/C16H25NO4/c1-11-7-12(2)16(21-4)13(8-11)9-14(10-15(18)19)17-5-6-20-3/h7-8,14,17H,5-6,9-10H2,1-4H3,(H,18,19). The van der Waals surface area contributed by atoms with Crippen molar-refractivity contribution in [1.29, 1.82) is 0 Å². The van der Waals surface area contributed by atoms with E-state index in [4.69, 9.17) is 14.6 Å². The van der Waals surface area contributed by atoms with Gasteiger partial charge in [-0.15, -0.1) is 0 Å². The summed E-state index contributed by atoms with van der Waals surface area (Å²) in [6, 6.07) is 3.97. The van der Waals surface area contributed by atoms with E-state index in [1.165, 1.54) is 0 Å². The number of hydrogen-bond acceptors (Lipinski definition) is 4. The highest BCUT2D eigenvalue weighted by Crippen LogP contribution is 2.26. The van der Waals surface area contributed by atoms with Crippen molar-refractivity contribution in [2.45, 2.75) is 32.7 Å². The van der Waals surface area contributed by atoms with Crippen molar-refractivity contribution < 1.29 is 19.4 Å². The second-order valence-corrected chi connectivity index (χ2v) is 5.22. The molecule has 0 spiro atoms. The van der Waals surface area contributed by atoms with Crippen molar-refractivity contribution >= 4 is 5.97 Å². The van der Waals surface area contributed by atoms with Crippen LogP contribution >= 0.6 is 0 Å². The zero-order chi connectivity index (χ0) is 15.8. The molecule has 5 heteroatoms. The first-order valence-corrected chi connectivity index (χ1v) is 7.06. The summed E-state index contributed by atoms with van der Waals surface area (Å²) >= 11 is 0. The molecule has 0 aliphatic rings. The molecule has 0 aromatic heterocycles. The summed E-state index contributed by atoms with van der Waals surface area (Å²) in [5.74, 6) is 0.0257. The molecule has 0 saturated carbocycles. The Balaban J connectivity index is 2.88. The Bertz CT molecular complexity index is 474. The molecule has 21 heavy (non-hydrogen) atoms. The van der Waals surface area contributed by atoms with Gasteiger partial charge in [-0.1, -0.05) is 17.7 Å². The van der Waals surface area contributed by atoms with Crippen LogP contribution in [0.5, 0.6) is 5.75 Å². The van der Waals surface area contributed by atoms with Crippen molar-refractivity contribution in [2.75, 3.05) is 27.4 Å². The van der Waals surface area contributed by atoms with Crippen molar-refractivity contribution in [3.05, 3.63) is 28.8 Å². The summed E-state index contributed by atoms with van der Waals surface area (Å²) in [6.45, 7) is 5.21. The smallest absolute Gasteiger partial charge is 0.304 e. The Kier molecular flexibility index (Phi) is 7.19. The average Bonchev–Trinajstić information content (AvgIpc) is 2.37. The lowest BCUT2D eigenvalue weighted by Crippen LogP contribution is -2.35. The van der Waals surface area contributed by atoms with Gasteiger partial charge in [-0.3, -0.25) is 4.79 Å². The van der Waals surface area contributed by atoms with Crippen LogP contribution in [0.1, 0.15) is 23.1 Å². The van der Waals surface area contributed by atoms with Gasteiger partial charge in [0, 0.05) is 19.7 Å². The van der Waals surface area contributed by atoms with Gasteiger partial charge in [0.1, 0.15) is 5.75 Å². The summed E-state index contributed by atoms with van der Waals surface area (Å²) in [5, 5.41) is 12.3. The van der Waals surface area contributed by atoms with E-state index >= 15 is 0 Å². The maximum absolute atomic E-state index is 11.0. The van der Waals surface area contributed by atoms with E-state index in [9.17, 15) is 4.79 Å². The second kappa shape index (κ2) is 8.64. The van der Waals surface area contributed by atoms with Crippen LogP contribution in [0.4, 0.5) is 0 Å². The number of hydrogen-bond donors (Lipinski definition) is 2. The average molecular weight is 295 g/mol. The first-order chi connectivity index (χ1) is 9.97. The van der Waals surface area contributed by atoms with Crippen LogP contribution in [0, 0.1) is 13.8 Å². The van der Waals surface area contributed by atoms with Crippen LogP contribution < -0.4 is 10.1 Å². The Hall–Kier alpha value is -1.59. The summed E-state index contributed by atoms with van der Waals surface area (Å²) < 4.78 is 10.5. The molecule has 2 N–H and O–H groups in total. The predicted molar refractivity (Wildman–Crippen MR) is 82.1 cm³/mol. The fraction of sp³-hybridized carbons (Fsp3) is 0.562. The minimum absolute atomic E-state index is 0.0693. The molecule has 0 fully saturated rings. The third-order valence-electron chi connectivity index (χ3n) is 3.33. The second-order valence-electron chi connectivity index (χ2n) is 5.22. The van der Waals surface area contributed by atoms with E-state index in [1.807, 2.05) is 13.8 Å². The Labute approximate surface area is 126 Å². The topological polar surface area (TPSA) is 67.8 Å². The SMILES string of the molecule is COCCNC(CC(=O)O)Cc1cc(C)cc(C)c1OC. The lowest BCUT2D eigenvalue weighted by Gasteiger charge is -2.20. The lowest BCUT2D eigenvalue weighted by molar-refractivity contribution is -0.137. The van der Waals surface area contributed by atoms with Crippen LogP contribution in [0.2, 0.25) is 0 Å². The van der Waals surface area contributed by atoms with Gasteiger partial charge in [0.25, 0.3) is 0 Å². The molecule has 1 rings (SSSR count). The number of ether oxygens (including phenoxy) is 2. The Morgan fingerprint density at radius 2 is 2.05 bits per heavy atom. The largest absolute Gasteiger partial charge is 0.496 e. The van der Waals surface area contributed by atoms with Gasteiger partial charge >= 0.3 is 5.97 Å². The molecule has 0 radical (unpaired) electrons. The molecule has 1 aromatic carbocycles. The summed E-state index contributed by atoms with van der Waals surface area (Å²) in [5.41, 5.74) is 3.25. The molecular formula is C16H25NO4. The summed E-state index contributed by atoms with van der Waals surface area (Å²) in [4.78, 5) is 11.0. The van der Waals surface area contributed by atoms with Gasteiger partial charge in [-0.2, -0.15) is 0 Å². The molecule has 0 saturated heterocycles. The van der Waals surface area contributed by atoms with Crippen LogP contribution in [-0.2, 0) is 16.0 Å². The number of aliphatic carboxylic acids is 1. The monoisotopic (exact) mass is 295 g/mol. The number of rotatable bonds is 9. The zero-order valence-corrected chi connectivity index (χ0v) is 13.2. The summed E-state index contributed by atoms with van der Waals surface area (Å²) in [7, 11) is 3.27. The zero-order valence-electron chi connectivity index (χ0n) is 13.2. The van der Waals surface area contributed by atoms with E-state index in [-0.39, 0.29) is 12.5 Å². The third kappa shape index (κ3) is 5.73. The van der Waals surface area contributed by atoms with Gasteiger partial charge in [0.05, 0.1) is 20.1 Å². The van der Waals surface area contributed by atoms with Crippen molar-refractivity contribution in [2.24, 2.45) is 0 Å². The predicted octanol–water partition coefficient (Wildman–Crippen LogP) is 1.93. The van der Waals surface area contributed by atoms with Crippen LogP contribution in [0.25, 0.3) is 0 Å². The van der Waals surface area contributed by atoms with E-state index < -0.39 is 5.97 Å². The normalized spacial score (nSPS) is 12.2. The van der Waals surface area contributed by atoms with E-state index in [2.05, 4.69) is 17.4 Å². The number of aryl methyl sites for hydroxylation is 2. The van der Waals surface area contributed by atoms with Gasteiger partial charge in [-0.05, 0) is 31.4 Å². The molecule has 0 aliphatic heterocycles. The van der Waals surface area contributed by atoms with Crippen LogP contribution in [-0.4, -0.2) is 44.5 Å². The number of methoxy groups -OCH3 is 2. The number of carbonyl (C=O) groups is 1.